The van der Waals surface area contributed by atoms with Gasteiger partial charge in [-0.3, -0.25) is 14.9 Å². The Kier molecular flexibility index (Phi) is 8.85. The number of benzene rings is 3. The lowest BCUT2D eigenvalue weighted by atomic mass is 10.1. The topological polar surface area (TPSA) is 103 Å². The van der Waals surface area contributed by atoms with Crippen LogP contribution in [0.4, 0.5) is 18.9 Å². The summed E-state index contributed by atoms with van der Waals surface area (Å²) < 4.78 is 50.8. The average molecular weight is 613 g/mol. The van der Waals surface area contributed by atoms with E-state index in [1.165, 1.54) is 24.4 Å². The summed E-state index contributed by atoms with van der Waals surface area (Å²) in [5.41, 5.74) is 2.35. The number of amides is 1. The van der Waals surface area contributed by atoms with Crippen molar-refractivity contribution in [1.82, 2.24) is 5.43 Å². The van der Waals surface area contributed by atoms with E-state index in [0.717, 1.165) is 23.8 Å². The lowest BCUT2D eigenvalue weighted by Crippen LogP contribution is -2.18. The Morgan fingerprint density at radius 2 is 1.86 bits per heavy atom. The maximum atomic E-state index is 12.9. The number of carbonyl (C=O) groups is 1. The smallest absolute Gasteiger partial charge is 0.416 e. The van der Waals surface area contributed by atoms with Gasteiger partial charge >= 0.3 is 6.18 Å². The zero-order valence-electron chi connectivity index (χ0n) is 18.7. The minimum Gasteiger partial charge on any atom is -0.490 e. The molecule has 0 spiro atoms. The Bertz CT molecular complexity index is 1280. The SMILES string of the molecule is CCOc1cc(/C=N\NC(=O)c2cccc(C(F)(F)F)c2)cc(I)c1OCc1ccc([N+](=O)[O-])cc1. The van der Waals surface area contributed by atoms with Crippen LogP contribution < -0.4 is 14.9 Å². The molecule has 3 aromatic carbocycles. The number of hydrogen-bond donors (Lipinski definition) is 1. The molecule has 0 aliphatic carbocycles. The van der Waals surface area contributed by atoms with Crippen molar-refractivity contribution in [3.8, 4) is 11.5 Å². The molecule has 1 amide bonds. The van der Waals surface area contributed by atoms with E-state index in [1.54, 1.807) is 31.2 Å². The standard InChI is InChI=1S/C24H19F3IN3O5/c1-2-35-21-11-16(13-29-30-23(32)17-4-3-5-18(12-17)24(25,26)27)10-20(28)22(21)36-14-15-6-8-19(9-7-15)31(33)34/h3-13H,2,14H2,1H3,(H,30,32)/b29-13-. The highest BCUT2D eigenvalue weighted by atomic mass is 127. The van der Waals surface area contributed by atoms with E-state index >= 15 is 0 Å². The van der Waals surface area contributed by atoms with E-state index in [0.29, 0.717) is 27.2 Å². The highest BCUT2D eigenvalue weighted by Gasteiger charge is 2.30. The van der Waals surface area contributed by atoms with Gasteiger partial charge in [0.05, 0.1) is 26.9 Å². The molecule has 3 rings (SSSR count). The predicted molar refractivity (Wildman–Crippen MR) is 134 cm³/mol. The lowest BCUT2D eigenvalue weighted by Gasteiger charge is -2.14. The number of alkyl halides is 3. The Morgan fingerprint density at radius 3 is 2.50 bits per heavy atom. The summed E-state index contributed by atoms with van der Waals surface area (Å²) >= 11 is 2.04. The minimum absolute atomic E-state index is 0.0212. The largest absolute Gasteiger partial charge is 0.490 e. The molecule has 0 unspecified atom stereocenters. The second-order valence-electron chi connectivity index (χ2n) is 7.25. The molecule has 0 aromatic heterocycles. The van der Waals surface area contributed by atoms with Gasteiger partial charge in [-0.25, -0.2) is 5.43 Å². The van der Waals surface area contributed by atoms with Gasteiger partial charge in [-0.2, -0.15) is 18.3 Å². The number of carbonyl (C=O) groups excluding carboxylic acids is 1. The molecule has 0 aliphatic heterocycles. The van der Waals surface area contributed by atoms with Crippen molar-refractivity contribution in [2.24, 2.45) is 5.10 Å². The summed E-state index contributed by atoms with van der Waals surface area (Å²) in [4.78, 5) is 22.5. The Morgan fingerprint density at radius 1 is 1.14 bits per heavy atom. The molecule has 188 valence electrons. The summed E-state index contributed by atoms with van der Waals surface area (Å²) in [6, 6.07) is 13.4. The summed E-state index contributed by atoms with van der Waals surface area (Å²) in [7, 11) is 0. The van der Waals surface area contributed by atoms with Gasteiger partial charge in [0.2, 0.25) is 0 Å². The van der Waals surface area contributed by atoms with E-state index in [4.69, 9.17) is 9.47 Å². The van der Waals surface area contributed by atoms with Crippen molar-refractivity contribution >= 4 is 40.4 Å². The van der Waals surface area contributed by atoms with Crippen LogP contribution in [0.25, 0.3) is 0 Å². The van der Waals surface area contributed by atoms with E-state index in [2.05, 4.69) is 10.5 Å². The van der Waals surface area contributed by atoms with E-state index in [1.807, 2.05) is 22.6 Å². The maximum Gasteiger partial charge on any atom is 0.416 e. The van der Waals surface area contributed by atoms with Gasteiger partial charge in [0.15, 0.2) is 11.5 Å². The summed E-state index contributed by atoms with van der Waals surface area (Å²) in [5.74, 6) is 0.0815. The third kappa shape index (κ3) is 7.16. The number of nitro groups is 1. The first-order valence-electron chi connectivity index (χ1n) is 10.4. The average Bonchev–Trinajstić information content (AvgIpc) is 2.83. The zero-order chi connectivity index (χ0) is 26.3. The molecule has 0 aliphatic rings. The van der Waals surface area contributed by atoms with Crippen molar-refractivity contribution in [3.05, 3.63) is 96.6 Å². The highest BCUT2D eigenvalue weighted by molar-refractivity contribution is 14.1. The number of hydrogen-bond acceptors (Lipinski definition) is 6. The molecule has 0 bridgehead atoms. The molecule has 36 heavy (non-hydrogen) atoms. The van der Waals surface area contributed by atoms with Crippen LogP contribution in [0.3, 0.4) is 0 Å². The number of nitrogens with zero attached hydrogens (tertiary/aromatic N) is 2. The number of hydrazone groups is 1. The van der Waals surface area contributed by atoms with Gasteiger partial charge in [-0.15, -0.1) is 0 Å². The number of nitrogens with one attached hydrogen (secondary N) is 1. The molecule has 0 saturated carbocycles. The van der Waals surface area contributed by atoms with Crippen molar-refractivity contribution in [2.45, 2.75) is 19.7 Å². The van der Waals surface area contributed by atoms with Crippen LogP contribution in [-0.4, -0.2) is 23.7 Å². The minimum atomic E-state index is -4.56. The molecule has 8 nitrogen and oxygen atoms in total. The zero-order valence-corrected chi connectivity index (χ0v) is 20.9. The molecule has 0 radical (unpaired) electrons. The molecular formula is C24H19F3IN3O5. The van der Waals surface area contributed by atoms with E-state index < -0.39 is 22.6 Å². The normalized spacial score (nSPS) is 11.4. The fourth-order valence-corrected chi connectivity index (χ4v) is 3.78. The van der Waals surface area contributed by atoms with Crippen LogP contribution in [0.1, 0.15) is 34.0 Å². The number of nitro benzene ring substituents is 1. The van der Waals surface area contributed by atoms with Gasteiger partial charge in [-0.1, -0.05) is 6.07 Å². The van der Waals surface area contributed by atoms with Gasteiger partial charge < -0.3 is 9.47 Å². The van der Waals surface area contributed by atoms with Gasteiger partial charge in [0, 0.05) is 17.7 Å². The fourth-order valence-electron chi connectivity index (χ4n) is 3.00. The number of non-ortho nitro benzene ring substituents is 1. The number of halogens is 4. The van der Waals surface area contributed by atoms with Crippen LogP contribution in [-0.2, 0) is 12.8 Å². The van der Waals surface area contributed by atoms with Gasteiger partial charge in [-0.05, 0) is 83.1 Å². The highest BCUT2D eigenvalue weighted by Crippen LogP contribution is 2.34. The molecule has 12 heteroatoms. The molecule has 1 N–H and O–H groups in total. The monoisotopic (exact) mass is 613 g/mol. The first-order chi connectivity index (χ1) is 17.1. The molecule has 0 fully saturated rings. The molecule has 0 atom stereocenters. The summed E-state index contributed by atoms with van der Waals surface area (Å²) in [5, 5.41) is 14.6. The van der Waals surface area contributed by atoms with Crippen LogP contribution in [0.2, 0.25) is 0 Å². The predicted octanol–water partition coefficient (Wildman–Crippen LogP) is 5.96. The first kappa shape index (κ1) is 26.9. The summed E-state index contributed by atoms with van der Waals surface area (Å²) in [6.07, 6.45) is -3.23. The van der Waals surface area contributed by atoms with Crippen molar-refractivity contribution in [2.75, 3.05) is 6.61 Å². The second kappa shape index (κ2) is 11.8. The van der Waals surface area contributed by atoms with Crippen LogP contribution in [0.15, 0.2) is 65.8 Å². The Labute approximate surface area is 217 Å². The molecule has 0 saturated heterocycles. The van der Waals surface area contributed by atoms with Crippen LogP contribution >= 0.6 is 22.6 Å². The van der Waals surface area contributed by atoms with E-state index in [-0.39, 0.29) is 17.9 Å². The number of ether oxygens (including phenoxy) is 2. The van der Waals surface area contributed by atoms with Crippen molar-refractivity contribution < 1.29 is 32.4 Å². The van der Waals surface area contributed by atoms with Gasteiger partial charge in [0.1, 0.15) is 6.61 Å². The van der Waals surface area contributed by atoms with Gasteiger partial charge in [0.25, 0.3) is 11.6 Å². The van der Waals surface area contributed by atoms with Crippen molar-refractivity contribution in [1.29, 1.82) is 0 Å². The summed E-state index contributed by atoms with van der Waals surface area (Å²) in [6.45, 7) is 2.29. The Hall–Kier alpha value is -3.68. The third-order valence-corrected chi connectivity index (χ3v) is 5.50. The Balaban J connectivity index is 1.71. The molecule has 3 aromatic rings. The molecular weight excluding hydrogens is 594 g/mol. The van der Waals surface area contributed by atoms with Crippen LogP contribution in [0.5, 0.6) is 11.5 Å². The first-order valence-corrected chi connectivity index (χ1v) is 11.5. The van der Waals surface area contributed by atoms with Crippen LogP contribution in [0, 0.1) is 13.7 Å². The quantitative estimate of drug-likeness (QED) is 0.139. The molecule has 0 heterocycles. The van der Waals surface area contributed by atoms with Crippen molar-refractivity contribution in [3.63, 3.8) is 0 Å². The van der Waals surface area contributed by atoms with E-state index in [9.17, 15) is 28.1 Å². The maximum absolute atomic E-state index is 12.9. The number of rotatable bonds is 9. The third-order valence-electron chi connectivity index (χ3n) is 4.69. The second-order valence-corrected chi connectivity index (χ2v) is 8.42. The fraction of sp³-hybridized carbons (Fsp3) is 0.167. The lowest BCUT2D eigenvalue weighted by molar-refractivity contribution is -0.384.